The van der Waals surface area contributed by atoms with Crippen molar-refractivity contribution >= 4 is 10.9 Å². The van der Waals surface area contributed by atoms with Crippen LogP contribution in [0.15, 0.2) is 54.7 Å². The van der Waals surface area contributed by atoms with Gasteiger partial charge < -0.3 is 5.73 Å². The third kappa shape index (κ3) is 2.49. The Morgan fingerprint density at radius 1 is 1.09 bits per heavy atom. The van der Waals surface area contributed by atoms with Crippen LogP contribution < -0.4 is 5.73 Å². The highest BCUT2D eigenvalue weighted by atomic mass is 15.4. The fourth-order valence-electron chi connectivity index (χ4n) is 2.73. The van der Waals surface area contributed by atoms with E-state index >= 15 is 0 Å². The molecule has 0 saturated heterocycles. The number of H-pyrrole nitrogens is 1. The van der Waals surface area contributed by atoms with Crippen LogP contribution in [0.1, 0.15) is 11.3 Å². The Morgan fingerprint density at radius 3 is 2.78 bits per heavy atom. The van der Waals surface area contributed by atoms with Crippen LogP contribution in [0.5, 0.6) is 0 Å². The summed E-state index contributed by atoms with van der Waals surface area (Å²) in [5, 5.41) is 16.7. The molecule has 2 aromatic carbocycles. The van der Waals surface area contributed by atoms with Crippen LogP contribution in [-0.4, -0.2) is 25.2 Å². The summed E-state index contributed by atoms with van der Waals surface area (Å²) in [6.45, 7) is 1.05. The monoisotopic (exact) mass is 304 g/mol. The fourth-order valence-corrected chi connectivity index (χ4v) is 2.73. The molecule has 6 heteroatoms. The van der Waals surface area contributed by atoms with Gasteiger partial charge in [-0.3, -0.25) is 5.10 Å². The van der Waals surface area contributed by atoms with E-state index in [-0.39, 0.29) is 0 Å². The molecule has 3 N–H and O–H groups in total. The standard InChI is InChI=1S/C17H16N6/c18-9-16-17(13-6-7-15-14(8-13)10-19-20-15)21-22-23(16)11-12-4-2-1-3-5-12/h1-8,10H,9,11,18H2,(H,19,20). The first-order valence-electron chi connectivity index (χ1n) is 7.45. The number of fused-ring (bicyclic) bond motifs is 1. The minimum absolute atomic E-state index is 0.387. The summed E-state index contributed by atoms with van der Waals surface area (Å²) in [5.41, 5.74) is 10.9. The van der Waals surface area contributed by atoms with Crippen molar-refractivity contribution in [3.8, 4) is 11.3 Å². The van der Waals surface area contributed by atoms with Gasteiger partial charge >= 0.3 is 0 Å². The van der Waals surface area contributed by atoms with Crippen LogP contribution in [0.25, 0.3) is 22.2 Å². The summed E-state index contributed by atoms with van der Waals surface area (Å²) in [6.07, 6.45) is 1.80. The number of benzene rings is 2. The molecule has 0 amide bonds. The maximum absolute atomic E-state index is 5.96. The maximum atomic E-state index is 5.96. The summed E-state index contributed by atoms with van der Waals surface area (Å²) in [7, 11) is 0. The molecule has 0 atom stereocenters. The molecule has 2 aromatic heterocycles. The summed E-state index contributed by atoms with van der Waals surface area (Å²) >= 11 is 0. The maximum Gasteiger partial charge on any atom is 0.117 e. The Balaban J connectivity index is 1.74. The van der Waals surface area contributed by atoms with Crippen molar-refractivity contribution in [2.75, 3.05) is 0 Å². The number of nitrogens with two attached hydrogens (primary N) is 1. The van der Waals surface area contributed by atoms with Gasteiger partial charge in [0.05, 0.1) is 24.0 Å². The van der Waals surface area contributed by atoms with Crippen molar-refractivity contribution in [1.82, 2.24) is 25.2 Å². The first-order valence-corrected chi connectivity index (χ1v) is 7.45. The highest BCUT2D eigenvalue weighted by molar-refractivity contribution is 5.83. The van der Waals surface area contributed by atoms with E-state index in [2.05, 4.69) is 38.7 Å². The third-order valence-corrected chi connectivity index (χ3v) is 3.92. The van der Waals surface area contributed by atoms with E-state index in [1.54, 1.807) is 6.20 Å². The van der Waals surface area contributed by atoms with Gasteiger partial charge in [-0.05, 0) is 17.7 Å². The third-order valence-electron chi connectivity index (χ3n) is 3.92. The number of hydrogen-bond donors (Lipinski definition) is 2. The van der Waals surface area contributed by atoms with Gasteiger partial charge in [-0.2, -0.15) is 5.10 Å². The average Bonchev–Trinajstić information content (AvgIpc) is 3.21. The molecule has 0 spiro atoms. The zero-order valence-electron chi connectivity index (χ0n) is 12.5. The van der Waals surface area contributed by atoms with Crippen LogP contribution in [0.2, 0.25) is 0 Å². The number of rotatable bonds is 4. The number of nitrogens with one attached hydrogen (secondary N) is 1. The lowest BCUT2D eigenvalue weighted by Gasteiger charge is -2.06. The van der Waals surface area contributed by atoms with Gasteiger partial charge in [0.1, 0.15) is 5.69 Å². The topological polar surface area (TPSA) is 85.4 Å². The summed E-state index contributed by atoms with van der Waals surface area (Å²) in [5.74, 6) is 0. The molecule has 0 aliphatic heterocycles. The van der Waals surface area contributed by atoms with Crippen LogP contribution >= 0.6 is 0 Å². The highest BCUT2D eigenvalue weighted by Gasteiger charge is 2.14. The molecular weight excluding hydrogens is 288 g/mol. The normalized spacial score (nSPS) is 11.2. The molecule has 0 saturated carbocycles. The predicted octanol–water partition coefficient (Wildman–Crippen LogP) is 2.33. The largest absolute Gasteiger partial charge is 0.325 e. The van der Waals surface area contributed by atoms with Crippen molar-refractivity contribution in [3.05, 3.63) is 66.0 Å². The van der Waals surface area contributed by atoms with Crippen LogP contribution in [0.3, 0.4) is 0 Å². The molecular formula is C17H16N6. The second kappa shape index (κ2) is 5.66. The Hall–Kier alpha value is -2.99. The van der Waals surface area contributed by atoms with Crippen molar-refractivity contribution in [1.29, 1.82) is 0 Å². The molecule has 23 heavy (non-hydrogen) atoms. The van der Waals surface area contributed by atoms with E-state index in [0.717, 1.165) is 27.9 Å². The fraction of sp³-hybridized carbons (Fsp3) is 0.118. The molecule has 4 aromatic rings. The highest BCUT2D eigenvalue weighted by Crippen LogP contribution is 2.25. The van der Waals surface area contributed by atoms with Gasteiger partial charge in [-0.15, -0.1) is 5.10 Å². The van der Waals surface area contributed by atoms with Gasteiger partial charge in [0.25, 0.3) is 0 Å². The number of aromatic amines is 1. The Kier molecular flexibility index (Phi) is 3.36. The van der Waals surface area contributed by atoms with Crippen LogP contribution in [0.4, 0.5) is 0 Å². The second-order valence-corrected chi connectivity index (χ2v) is 5.40. The van der Waals surface area contributed by atoms with Crippen molar-refractivity contribution in [3.63, 3.8) is 0 Å². The molecule has 0 radical (unpaired) electrons. The van der Waals surface area contributed by atoms with Gasteiger partial charge in [-0.25, -0.2) is 4.68 Å². The van der Waals surface area contributed by atoms with E-state index in [9.17, 15) is 0 Å². The molecule has 114 valence electrons. The zero-order chi connectivity index (χ0) is 15.6. The summed E-state index contributed by atoms with van der Waals surface area (Å²) < 4.78 is 1.87. The first-order chi connectivity index (χ1) is 11.3. The molecule has 2 heterocycles. The van der Waals surface area contributed by atoms with E-state index in [1.165, 1.54) is 5.56 Å². The molecule has 0 bridgehead atoms. The van der Waals surface area contributed by atoms with Crippen molar-refractivity contribution in [2.45, 2.75) is 13.1 Å². The van der Waals surface area contributed by atoms with E-state index in [0.29, 0.717) is 13.1 Å². The van der Waals surface area contributed by atoms with Gasteiger partial charge in [0, 0.05) is 17.5 Å². The second-order valence-electron chi connectivity index (χ2n) is 5.40. The van der Waals surface area contributed by atoms with E-state index in [1.807, 2.05) is 35.0 Å². The predicted molar refractivity (Wildman–Crippen MR) is 88.5 cm³/mol. The summed E-state index contributed by atoms with van der Waals surface area (Å²) in [4.78, 5) is 0. The Morgan fingerprint density at radius 2 is 1.96 bits per heavy atom. The number of hydrogen-bond acceptors (Lipinski definition) is 4. The zero-order valence-corrected chi connectivity index (χ0v) is 12.5. The van der Waals surface area contributed by atoms with E-state index in [4.69, 9.17) is 5.73 Å². The lowest BCUT2D eigenvalue weighted by atomic mass is 10.1. The SMILES string of the molecule is NCc1c(-c2ccc3[nH]ncc3c2)nnn1Cc1ccccc1. The van der Waals surface area contributed by atoms with Crippen molar-refractivity contribution in [2.24, 2.45) is 5.73 Å². The Labute approximate surface area is 132 Å². The van der Waals surface area contributed by atoms with Crippen molar-refractivity contribution < 1.29 is 0 Å². The van der Waals surface area contributed by atoms with E-state index < -0.39 is 0 Å². The first kappa shape index (κ1) is 13.7. The smallest absolute Gasteiger partial charge is 0.117 e. The number of aromatic nitrogens is 5. The Bertz CT molecular complexity index is 938. The molecule has 0 aliphatic rings. The van der Waals surface area contributed by atoms with Crippen LogP contribution in [-0.2, 0) is 13.1 Å². The summed E-state index contributed by atoms with van der Waals surface area (Å²) in [6, 6.07) is 16.2. The molecule has 0 fully saturated rings. The molecule has 4 rings (SSSR count). The average molecular weight is 304 g/mol. The quantitative estimate of drug-likeness (QED) is 0.606. The minimum Gasteiger partial charge on any atom is -0.325 e. The molecule has 0 unspecified atom stereocenters. The van der Waals surface area contributed by atoms with Gasteiger partial charge in [-0.1, -0.05) is 41.6 Å². The lowest BCUT2D eigenvalue weighted by Crippen LogP contribution is -2.10. The van der Waals surface area contributed by atoms with Gasteiger partial charge in [0.2, 0.25) is 0 Å². The van der Waals surface area contributed by atoms with Crippen LogP contribution in [0, 0.1) is 0 Å². The van der Waals surface area contributed by atoms with Gasteiger partial charge in [0.15, 0.2) is 0 Å². The lowest BCUT2D eigenvalue weighted by molar-refractivity contribution is 0.619. The number of nitrogens with zero attached hydrogens (tertiary/aromatic N) is 4. The molecule has 6 nitrogen and oxygen atoms in total. The molecule has 0 aliphatic carbocycles. The minimum atomic E-state index is 0.387.